The van der Waals surface area contributed by atoms with E-state index in [1.807, 2.05) is 0 Å². The van der Waals surface area contributed by atoms with E-state index in [9.17, 15) is 0 Å². The van der Waals surface area contributed by atoms with Crippen LogP contribution in [0.5, 0.6) is 0 Å². The van der Waals surface area contributed by atoms with Gasteiger partial charge in [-0.25, -0.2) is 0 Å². The lowest BCUT2D eigenvalue weighted by Crippen LogP contribution is -2.15. The van der Waals surface area contributed by atoms with Gasteiger partial charge in [0, 0.05) is 0 Å². The van der Waals surface area contributed by atoms with E-state index in [1.165, 1.54) is 44.9 Å². The molecule has 2 saturated carbocycles. The smallest absolute Gasteiger partial charge is 0.00902 e. The minimum absolute atomic E-state index is 0.713. The molecule has 0 spiro atoms. The molecule has 0 aromatic heterocycles. The second-order valence-corrected chi connectivity index (χ2v) is 7.66. The Hall–Kier alpha value is -1.56. The fourth-order valence-electron chi connectivity index (χ4n) is 5.20. The van der Waals surface area contributed by atoms with E-state index in [-0.39, 0.29) is 0 Å². The van der Waals surface area contributed by atoms with Crippen LogP contribution in [0.4, 0.5) is 0 Å². The highest BCUT2D eigenvalue weighted by Gasteiger charge is 2.39. The van der Waals surface area contributed by atoms with Gasteiger partial charge in [-0.3, -0.25) is 0 Å². The summed E-state index contributed by atoms with van der Waals surface area (Å²) in [7, 11) is 0. The van der Waals surface area contributed by atoms with Gasteiger partial charge in [-0.2, -0.15) is 0 Å². The first-order chi connectivity index (χ1) is 11.4. The summed E-state index contributed by atoms with van der Waals surface area (Å²) in [4.78, 5) is 0. The molecule has 2 aliphatic rings. The third-order valence-electron chi connectivity index (χ3n) is 6.37. The predicted molar refractivity (Wildman–Crippen MR) is 97.7 cm³/mol. The van der Waals surface area contributed by atoms with Gasteiger partial charge in [0.05, 0.1) is 0 Å². The molecule has 0 radical (unpaired) electrons. The Kier molecular flexibility index (Phi) is 4.50. The van der Waals surface area contributed by atoms with Gasteiger partial charge in [0.25, 0.3) is 0 Å². The molecular weight excluding hydrogens is 276 g/mol. The number of hydrogen-bond donors (Lipinski definition) is 0. The van der Waals surface area contributed by atoms with Crippen molar-refractivity contribution in [3.05, 3.63) is 71.8 Å². The maximum absolute atomic E-state index is 2.35. The van der Waals surface area contributed by atoms with Crippen LogP contribution in [0.15, 0.2) is 60.7 Å². The SMILES string of the molecule is c1ccc(C2CC(C3CCCCC3)CC2c2ccccc2)cc1. The van der Waals surface area contributed by atoms with Crippen LogP contribution in [0.2, 0.25) is 0 Å². The van der Waals surface area contributed by atoms with Crippen LogP contribution < -0.4 is 0 Å². The molecular formula is C23H28. The lowest BCUT2D eigenvalue weighted by Gasteiger charge is -2.27. The van der Waals surface area contributed by atoms with E-state index < -0.39 is 0 Å². The zero-order valence-electron chi connectivity index (χ0n) is 14.0. The van der Waals surface area contributed by atoms with Crippen molar-refractivity contribution >= 4 is 0 Å². The lowest BCUT2D eigenvalue weighted by atomic mass is 9.78. The zero-order valence-corrected chi connectivity index (χ0v) is 14.0. The molecule has 0 nitrogen and oxygen atoms in total. The molecule has 23 heavy (non-hydrogen) atoms. The Morgan fingerprint density at radius 3 is 1.48 bits per heavy atom. The minimum atomic E-state index is 0.713. The van der Waals surface area contributed by atoms with Crippen molar-refractivity contribution in [2.75, 3.05) is 0 Å². The first-order valence-electron chi connectivity index (χ1n) is 9.51. The Bertz CT molecular complexity index is 547. The molecule has 2 atom stereocenters. The molecule has 120 valence electrons. The van der Waals surface area contributed by atoms with Crippen LogP contribution in [-0.2, 0) is 0 Å². The van der Waals surface area contributed by atoms with Gasteiger partial charge < -0.3 is 0 Å². The Balaban J connectivity index is 1.61. The summed E-state index contributed by atoms with van der Waals surface area (Å²) in [6.45, 7) is 0. The molecule has 0 heterocycles. The second-order valence-electron chi connectivity index (χ2n) is 7.66. The van der Waals surface area contributed by atoms with Crippen molar-refractivity contribution in [1.82, 2.24) is 0 Å². The van der Waals surface area contributed by atoms with Crippen LogP contribution in [0.1, 0.15) is 67.9 Å². The Morgan fingerprint density at radius 1 is 0.522 bits per heavy atom. The summed E-state index contributed by atoms with van der Waals surface area (Å²) in [6, 6.07) is 22.6. The Morgan fingerprint density at radius 2 is 1.00 bits per heavy atom. The highest BCUT2D eigenvalue weighted by atomic mass is 14.4. The minimum Gasteiger partial charge on any atom is -0.0622 e. The molecule has 2 fully saturated rings. The summed E-state index contributed by atoms with van der Waals surface area (Å²) >= 11 is 0. The van der Waals surface area contributed by atoms with Gasteiger partial charge in [0.1, 0.15) is 0 Å². The van der Waals surface area contributed by atoms with Crippen molar-refractivity contribution in [1.29, 1.82) is 0 Å². The topological polar surface area (TPSA) is 0 Å². The normalized spacial score (nSPS) is 28.8. The van der Waals surface area contributed by atoms with Crippen LogP contribution in [-0.4, -0.2) is 0 Å². The van der Waals surface area contributed by atoms with Crippen LogP contribution in [0.25, 0.3) is 0 Å². The quantitative estimate of drug-likeness (QED) is 0.603. The van der Waals surface area contributed by atoms with Crippen LogP contribution in [0.3, 0.4) is 0 Å². The van der Waals surface area contributed by atoms with Gasteiger partial charge >= 0.3 is 0 Å². The molecule has 0 aliphatic heterocycles. The van der Waals surface area contributed by atoms with Crippen LogP contribution in [0, 0.1) is 11.8 Å². The largest absolute Gasteiger partial charge is 0.0622 e. The van der Waals surface area contributed by atoms with E-state index in [0.29, 0.717) is 11.8 Å². The molecule has 0 bridgehead atoms. The maximum atomic E-state index is 2.35. The van der Waals surface area contributed by atoms with Gasteiger partial charge in [0.2, 0.25) is 0 Å². The van der Waals surface area contributed by atoms with Gasteiger partial charge in [-0.05, 0) is 47.6 Å². The van der Waals surface area contributed by atoms with E-state index >= 15 is 0 Å². The molecule has 2 aromatic rings. The standard InChI is InChI=1S/C23H28/c1-4-10-18(11-5-1)21-16-22(19-12-6-2-7-13-19)23(17-21)20-14-8-3-9-15-20/h2-3,6-9,12-15,18,21-23H,1,4-5,10-11,16-17H2. The van der Waals surface area contributed by atoms with Crippen molar-refractivity contribution in [2.24, 2.45) is 11.8 Å². The van der Waals surface area contributed by atoms with Crippen LogP contribution >= 0.6 is 0 Å². The molecule has 2 aromatic carbocycles. The van der Waals surface area contributed by atoms with E-state index in [0.717, 1.165) is 11.8 Å². The molecule has 0 amide bonds. The molecule has 0 N–H and O–H groups in total. The van der Waals surface area contributed by atoms with Crippen molar-refractivity contribution in [3.8, 4) is 0 Å². The second kappa shape index (κ2) is 6.91. The number of rotatable bonds is 3. The summed E-state index contributed by atoms with van der Waals surface area (Å²) in [5.41, 5.74) is 3.11. The lowest BCUT2D eigenvalue weighted by molar-refractivity contribution is 0.249. The molecule has 4 rings (SSSR count). The average molecular weight is 304 g/mol. The summed E-state index contributed by atoms with van der Waals surface area (Å²) < 4.78 is 0. The first kappa shape index (κ1) is 15.0. The van der Waals surface area contributed by atoms with Crippen molar-refractivity contribution < 1.29 is 0 Å². The van der Waals surface area contributed by atoms with E-state index in [2.05, 4.69) is 60.7 Å². The highest BCUT2D eigenvalue weighted by Crippen LogP contribution is 2.52. The number of hydrogen-bond acceptors (Lipinski definition) is 0. The van der Waals surface area contributed by atoms with E-state index in [1.54, 1.807) is 11.1 Å². The van der Waals surface area contributed by atoms with Gasteiger partial charge in [-0.1, -0.05) is 92.8 Å². The summed E-state index contributed by atoms with van der Waals surface area (Å²) in [5, 5.41) is 0. The summed E-state index contributed by atoms with van der Waals surface area (Å²) in [6.07, 6.45) is 10.2. The van der Waals surface area contributed by atoms with E-state index in [4.69, 9.17) is 0 Å². The number of benzene rings is 2. The highest BCUT2D eigenvalue weighted by molar-refractivity contribution is 5.30. The first-order valence-corrected chi connectivity index (χ1v) is 9.51. The van der Waals surface area contributed by atoms with Gasteiger partial charge in [-0.15, -0.1) is 0 Å². The average Bonchev–Trinajstić information content (AvgIpc) is 3.09. The summed E-state index contributed by atoms with van der Waals surface area (Å²) in [5.74, 6) is 3.35. The Labute approximate surface area is 140 Å². The maximum Gasteiger partial charge on any atom is -0.00902 e. The fourth-order valence-corrected chi connectivity index (χ4v) is 5.20. The predicted octanol–water partition coefficient (Wildman–Crippen LogP) is 6.54. The fraction of sp³-hybridized carbons (Fsp3) is 0.478. The van der Waals surface area contributed by atoms with Crippen molar-refractivity contribution in [2.45, 2.75) is 56.8 Å². The monoisotopic (exact) mass is 304 g/mol. The molecule has 2 aliphatic carbocycles. The molecule has 2 unspecified atom stereocenters. The third kappa shape index (κ3) is 3.22. The van der Waals surface area contributed by atoms with Crippen molar-refractivity contribution in [3.63, 3.8) is 0 Å². The third-order valence-corrected chi connectivity index (χ3v) is 6.37. The zero-order chi connectivity index (χ0) is 15.5. The molecule has 0 saturated heterocycles. The van der Waals surface area contributed by atoms with Gasteiger partial charge in [0.15, 0.2) is 0 Å². The molecule has 0 heteroatoms.